The molecule has 0 bridgehead atoms. The number of fused-ring (bicyclic) bond motifs is 1. The summed E-state index contributed by atoms with van der Waals surface area (Å²) in [6.45, 7) is 0. The molecule has 0 saturated carbocycles. The van der Waals surface area contributed by atoms with Crippen LogP contribution < -0.4 is 30.0 Å². The smallest absolute Gasteiger partial charge is 0.338 e. The van der Waals surface area contributed by atoms with Gasteiger partial charge in [0, 0.05) is 0 Å². The number of carbonyl (C=O) groups excluding carboxylic acids is 1. The number of methoxy groups -OCH3 is 3. The number of nitriles is 1. The van der Waals surface area contributed by atoms with Crippen molar-refractivity contribution in [2.75, 3.05) is 21.3 Å². The van der Waals surface area contributed by atoms with E-state index < -0.39 is 17.4 Å². The van der Waals surface area contributed by atoms with Crippen molar-refractivity contribution < 1.29 is 19.0 Å². The molecule has 1 atom stereocenters. The minimum atomic E-state index is -0.824. The van der Waals surface area contributed by atoms with Gasteiger partial charge in [0.25, 0.3) is 5.56 Å². The monoisotopic (exact) mass is 475 g/mol. The Morgan fingerprint density at radius 3 is 2.44 bits per heavy atom. The molecular weight excluding hydrogens is 454 g/mol. The topological polar surface area (TPSA) is 117 Å². The first-order valence-electron chi connectivity index (χ1n) is 10.2. The quantitative estimate of drug-likeness (QED) is 0.556. The SMILES string of the molecule is COC(=O)C1=C(N)n2c(sc(=Cc3cccc(OC)c3)c2=O)=C(C#N)C1c1cccc(OC)c1. The Morgan fingerprint density at radius 2 is 1.79 bits per heavy atom. The van der Waals surface area contributed by atoms with E-state index in [0.29, 0.717) is 26.3 Å². The van der Waals surface area contributed by atoms with Gasteiger partial charge in [-0.25, -0.2) is 4.79 Å². The van der Waals surface area contributed by atoms with Crippen molar-refractivity contribution in [3.63, 3.8) is 0 Å². The Hall–Kier alpha value is -4.29. The van der Waals surface area contributed by atoms with Gasteiger partial charge in [0.2, 0.25) is 0 Å². The fourth-order valence-electron chi connectivity index (χ4n) is 3.90. The van der Waals surface area contributed by atoms with Crippen molar-refractivity contribution in [3.05, 3.63) is 84.8 Å². The molecule has 0 radical (unpaired) electrons. The second-order valence-electron chi connectivity index (χ2n) is 7.36. The lowest BCUT2D eigenvalue weighted by Crippen LogP contribution is -2.40. The van der Waals surface area contributed by atoms with Gasteiger partial charge in [-0.05, 0) is 41.5 Å². The van der Waals surface area contributed by atoms with Crippen LogP contribution in [0.1, 0.15) is 17.0 Å². The predicted octanol–water partition coefficient (Wildman–Crippen LogP) is 1.53. The van der Waals surface area contributed by atoms with Gasteiger partial charge in [-0.2, -0.15) is 5.26 Å². The first-order chi connectivity index (χ1) is 16.4. The minimum absolute atomic E-state index is 0.0210. The Labute approximate surface area is 199 Å². The van der Waals surface area contributed by atoms with Gasteiger partial charge >= 0.3 is 5.97 Å². The fraction of sp³-hybridized carbons (Fsp3) is 0.160. The lowest BCUT2D eigenvalue weighted by molar-refractivity contribution is -0.136. The number of hydrogen-bond donors (Lipinski definition) is 1. The van der Waals surface area contributed by atoms with E-state index in [2.05, 4.69) is 6.07 Å². The second kappa shape index (κ2) is 9.29. The van der Waals surface area contributed by atoms with E-state index in [1.54, 1.807) is 49.6 Å². The number of ether oxygens (including phenoxy) is 3. The van der Waals surface area contributed by atoms with E-state index in [1.165, 1.54) is 18.8 Å². The van der Waals surface area contributed by atoms with E-state index in [1.807, 2.05) is 12.1 Å². The van der Waals surface area contributed by atoms with Crippen molar-refractivity contribution in [2.24, 2.45) is 5.73 Å². The van der Waals surface area contributed by atoms with Crippen LogP contribution in [0, 0.1) is 11.3 Å². The molecule has 8 nitrogen and oxygen atoms in total. The second-order valence-corrected chi connectivity index (χ2v) is 8.39. The van der Waals surface area contributed by atoms with Gasteiger partial charge < -0.3 is 19.9 Å². The third-order valence-electron chi connectivity index (χ3n) is 5.49. The number of aromatic nitrogens is 1. The van der Waals surface area contributed by atoms with Crippen molar-refractivity contribution in [2.45, 2.75) is 5.92 Å². The van der Waals surface area contributed by atoms with Gasteiger partial charge in [-0.15, -0.1) is 11.3 Å². The van der Waals surface area contributed by atoms with Crippen molar-refractivity contribution >= 4 is 34.8 Å². The van der Waals surface area contributed by atoms with Gasteiger partial charge in [-0.3, -0.25) is 9.36 Å². The average Bonchev–Trinajstić information content (AvgIpc) is 3.19. The normalized spacial score (nSPS) is 15.5. The third-order valence-corrected chi connectivity index (χ3v) is 6.60. The number of nitrogens with zero attached hydrogens (tertiary/aromatic N) is 2. The van der Waals surface area contributed by atoms with Crippen LogP contribution in [0.15, 0.2) is 58.9 Å². The number of benzene rings is 2. The molecule has 0 fully saturated rings. The zero-order valence-corrected chi connectivity index (χ0v) is 19.5. The predicted molar refractivity (Wildman–Crippen MR) is 129 cm³/mol. The van der Waals surface area contributed by atoms with Crippen LogP contribution in [-0.2, 0) is 9.53 Å². The zero-order valence-electron chi connectivity index (χ0n) is 18.7. The van der Waals surface area contributed by atoms with E-state index in [0.717, 1.165) is 16.9 Å². The summed E-state index contributed by atoms with van der Waals surface area (Å²) in [6, 6.07) is 16.4. The van der Waals surface area contributed by atoms with Crippen molar-refractivity contribution in [1.82, 2.24) is 4.57 Å². The van der Waals surface area contributed by atoms with Gasteiger partial charge in [0.15, 0.2) is 0 Å². The van der Waals surface area contributed by atoms with Gasteiger partial charge in [-0.1, -0.05) is 24.3 Å². The Balaban J connectivity index is 2.06. The molecule has 2 heterocycles. The van der Waals surface area contributed by atoms with Crippen LogP contribution in [-0.4, -0.2) is 31.9 Å². The summed E-state index contributed by atoms with van der Waals surface area (Å²) in [5.41, 5.74) is 7.56. The molecular formula is C25H21N3O5S. The number of rotatable bonds is 5. The van der Waals surface area contributed by atoms with Crippen LogP contribution >= 0.6 is 11.3 Å². The Kier molecular flexibility index (Phi) is 6.25. The minimum Gasteiger partial charge on any atom is -0.497 e. The Bertz CT molecular complexity index is 1540. The highest BCUT2D eigenvalue weighted by Crippen LogP contribution is 2.37. The maximum absolute atomic E-state index is 13.3. The van der Waals surface area contributed by atoms with E-state index in [4.69, 9.17) is 19.9 Å². The molecule has 1 unspecified atom stereocenters. The molecule has 34 heavy (non-hydrogen) atoms. The van der Waals surface area contributed by atoms with E-state index in [9.17, 15) is 14.9 Å². The maximum Gasteiger partial charge on any atom is 0.338 e. The number of esters is 1. The summed E-state index contributed by atoms with van der Waals surface area (Å²) >= 11 is 1.13. The molecule has 1 aliphatic rings. The van der Waals surface area contributed by atoms with Crippen molar-refractivity contribution in [3.8, 4) is 17.6 Å². The molecule has 0 amide bonds. The number of thiazole rings is 1. The molecule has 1 aliphatic heterocycles. The van der Waals surface area contributed by atoms with Crippen molar-refractivity contribution in [1.29, 1.82) is 5.26 Å². The molecule has 9 heteroatoms. The highest BCUT2D eigenvalue weighted by atomic mass is 32.1. The van der Waals surface area contributed by atoms with Gasteiger partial charge in [0.1, 0.15) is 22.0 Å². The van der Waals surface area contributed by atoms with Crippen LogP contribution in [0.25, 0.3) is 17.5 Å². The third kappa shape index (κ3) is 3.84. The summed E-state index contributed by atoms with van der Waals surface area (Å²) in [5, 5.41) is 10.1. The van der Waals surface area contributed by atoms with Gasteiger partial charge in [0.05, 0.1) is 49.0 Å². The summed E-state index contributed by atoms with van der Waals surface area (Å²) in [7, 11) is 4.31. The molecule has 2 N–H and O–H groups in total. The molecule has 1 aromatic heterocycles. The lowest BCUT2D eigenvalue weighted by atomic mass is 9.83. The molecule has 0 saturated heterocycles. The summed E-state index contributed by atoms with van der Waals surface area (Å²) < 4.78 is 17.5. The number of nitrogens with two attached hydrogens (primary N) is 1. The highest BCUT2D eigenvalue weighted by Gasteiger charge is 2.36. The van der Waals surface area contributed by atoms with E-state index >= 15 is 0 Å². The molecule has 3 aromatic rings. The zero-order chi connectivity index (χ0) is 24.4. The van der Waals surface area contributed by atoms with Crippen LogP contribution in [0.3, 0.4) is 0 Å². The first kappa shape index (κ1) is 22.9. The summed E-state index contributed by atoms with van der Waals surface area (Å²) in [4.78, 5) is 26.2. The highest BCUT2D eigenvalue weighted by molar-refractivity contribution is 7.07. The largest absolute Gasteiger partial charge is 0.497 e. The first-order valence-corrected chi connectivity index (χ1v) is 11.0. The van der Waals surface area contributed by atoms with Crippen LogP contribution in [0.5, 0.6) is 11.5 Å². The standard InChI is InChI=1S/C25H21N3O5S/c1-31-16-8-4-6-14(10-16)11-19-23(29)28-22(27)21(25(30)33-3)20(18(13-26)24(28)34-19)15-7-5-9-17(12-15)32-2/h4-12,20H,27H2,1-3H3. The summed E-state index contributed by atoms with van der Waals surface area (Å²) in [6.07, 6.45) is 1.70. The molecule has 0 aliphatic carbocycles. The average molecular weight is 476 g/mol. The number of hydrogen-bond acceptors (Lipinski definition) is 8. The maximum atomic E-state index is 13.3. The Morgan fingerprint density at radius 1 is 1.12 bits per heavy atom. The fourth-order valence-corrected chi connectivity index (χ4v) is 5.03. The van der Waals surface area contributed by atoms with Crippen LogP contribution in [0.4, 0.5) is 0 Å². The molecule has 4 rings (SSSR count). The molecule has 172 valence electrons. The lowest BCUT2D eigenvalue weighted by Gasteiger charge is -2.25. The molecule has 2 aromatic carbocycles. The molecule has 0 spiro atoms. The van der Waals surface area contributed by atoms with E-state index in [-0.39, 0.29) is 17.0 Å². The van der Waals surface area contributed by atoms with Crippen LogP contribution in [0.2, 0.25) is 0 Å². The number of carbonyl (C=O) groups is 1. The summed E-state index contributed by atoms with van der Waals surface area (Å²) in [5.74, 6) is -0.417.